The number of benzene rings is 2. The Morgan fingerprint density at radius 3 is 2.52 bits per heavy atom. The molecule has 11 heteroatoms. The number of hydrogen-bond acceptors (Lipinski definition) is 5. The van der Waals surface area contributed by atoms with E-state index in [0.717, 1.165) is 30.3 Å². The van der Waals surface area contributed by atoms with E-state index >= 15 is 0 Å². The molecule has 2 atom stereocenters. The average molecular weight is 419 g/mol. The van der Waals surface area contributed by atoms with Crippen molar-refractivity contribution in [3.8, 4) is 17.6 Å². The van der Waals surface area contributed by atoms with Crippen molar-refractivity contribution < 1.29 is 34.9 Å². The summed E-state index contributed by atoms with van der Waals surface area (Å²) in [5.41, 5.74) is -1.02. The number of ether oxygens (including phenoxy) is 1. The molecule has 0 bridgehead atoms. The number of rotatable bonds is 3. The first-order valence-corrected chi connectivity index (χ1v) is 10.2. The second kappa shape index (κ2) is 6.31. The number of alkyl halides is 3. The topological polar surface area (TPSA) is 84.2 Å². The fraction of sp³-hybridized carbons (Fsp3) is 0.188. The van der Waals surface area contributed by atoms with Crippen molar-refractivity contribution in [3.63, 3.8) is 0 Å². The van der Waals surface area contributed by atoms with Gasteiger partial charge in [-0.2, -0.15) is 14.0 Å². The monoisotopic (exact) mass is 419 g/mol. The van der Waals surface area contributed by atoms with Crippen LogP contribution in [0.2, 0.25) is 0 Å². The van der Waals surface area contributed by atoms with Crippen molar-refractivity contribution in [2.75, 3.05) is 6.26 Å². The van der Waals surface area contributed by atoms with Crippen LogP contribution in [0.25, 0.3) is 0 Å². The zero-order chi connectivity index (χ0) is 20.1. The normalized spacial score (nSPS) is 20.7. The first-order valence-electron chi connectivity index (χ1n) is 7.16. The van der Waals surface area contributed by atoms with Crippen LogP contribution >= 0.6 is 0 Å². The molecule has 27 heavy (non-hydrogen) atoms. The summed E-state index contributed by atoms with van der Waals surface area (Å²) in [5.74, 6) is -1.71. The maximum Gasteiger partial charge on any atom is 0.360 e. The molecule has 0 aromatic heterocycles. The zero-order valence-corrected chi connectivity index (χ0v) is 15.0. The Kier molecular flexibility index (Phi) is 4.52. The Hall–Kier alpha value is -2.45. The summed E-state index contributed by atoms with van der Waals surface area (Å²) in [6.07, 6.45) is -2.38. The van der Waals surface area contributed by atoms with Crippen LogP contribution in [0, 0.1) is 17.1 Å². The molecule has 0 spiro atoms. The van der Waals surface area contributed by atoms with Gasteiger partial charge in [0.05, 0.1) is 27.0 Å². The van der Waals surface area contributed by atoms with Crippen LogP contribution in [0.4, 0.5) is 17.6 Å². The Bertz CT molecular complexity index is 1130. The summed E-state index contributed by atoms with van der Waals surface area (Å²) in [6.45, 7) is 0. The van der Waals surface area contributed by atoms with Gasteiger partial charge in [0.15, 0.2) is 9.84 Å². The summed E-state index contributed by atoms with van der Waals surface area (Å²) >= 11 is 0. The molecule has 3 rings (SSSR count). The van der Waals surface area contributed by atoms with Gasteiger partial charge in [-0.05, 0) is 24.3 Å². The van der Waals surface area contributed by atoms with Crippen LogP contribution in [-0.4, -0.2) is 24.1 Å². The second-order valence-electron chi connectivity index (χ2n) is 5.66. The molecule has 0 aliphatic carbocycles. The van der Waals surface area contributed by atoms with Gasteiger partial charge in [0.2, 0.25) is 6.17 Å². The quantitative estimate of drug-likeness (QED) is 0.710. The predicted octanol–water partition coefficient (Wildman–Crippen LogP) is 3.62. The second-order valence-corrected chi connectivity index (χ2v) is 9.13. The maximum atomic E-state index is 14.4. The van der Waals surface area contributed by atoms with Gasteiger partial charge in [0.25, 0.3) is 0 Å². The molecule has 0 fully saturated rings. The zero-order valence-electron chi connectivity index (χ0n) is 13.4. The fourth-order valence-corrected chi connectivity index (χ4v) is 5.26. The SMILES string of the molecule is CS(=O)(=O)c1ccc(Oc2cc(F)cc(C#N)c2)c2c1S(=O)C(F)(F)C2F. The summed E-state index contributed by atoms with van der Waals surface area (Å²) in [5, 5.41) is 4.48. The molecule has 2 aromatic carbocycles. The highest BCUT2D eigenvalue weighted by Gasteiger charge is 2.58. The first-order chi connectivity index (χ1) is 12.5. The number of nitriles is 1. The lowest BCUT2D eigenvalue weighted by Crippen LogP contribution is -2.22. The van der Waals surface area contributed by atoms with Gasteiger partial charge in [0.1, 0.15) is 28.1 Å². The number of fused-ring (bicyclic) bond motifs is 1. The lowest BCUT2D eigenvalue weighted by atomic mass is 10.1. The molecule has 1 aliphatic heterocycles. The molecular formula is C16H9F4NO4S2. The van der Waals surface area contributed by atoms with Gasteiger partial charge >= 0.3 is 5.25 Å². The summed E-state index contributed by atoms with van der Waals surface area (Å²) < 4.78 is 96.7. The summed E-state index contributed by atoms with van der Waals surface area (Å²) in [7, 11) is -7.36. The van der Waals surface area contributed by atoms with Gasteiger partial charge < -0.3 is 4.74 Å². The molecule has 5 nitrogen and oxygen atoms in total. The van der Waals surface area contributed by atoms with Crippen LogP contribution in [0.1, 0.15) is 17.3 Å². The Balaban J connectivity index is 2.22. The van der Waals surface area contributed by atoms with Gasteiger partial charge in [-0.15, -0.1) is 0 Å². The minimum Gasteiger partial charge on any atom is -0.457 e. The molecular weight excluding hydrogens is 410 g/mol. The van der Waals surface area contributed by atoms with E-state index in [0.29, 0.717) is 6.26 Å². The first kappa shape index (κ1) is 19.3. The molecule has 1 aliphatic rings. The van der Waals surface area contributed by atoms with Gasteiger partial charge in [-0.1, -0.05) is 0 Å². The Labute approximate surface area is 153 Å². The van der Waals surface area contributed by atoms with Crippen molar-refractivity contribution in [1.82, 2.24) is 0 Å². The smallest absolute Gasteiger partial charge is 0.360 e. The van der Waals surface area contributed by atoms with Crippen LogP contribution in [-0.2, 0) is 20.6 Å². The van der Waals surface area contributed by atoms with E-state index in [2.05, 4.69) is 0 Å². The van der Waals surface area contributed by atoms with Crippen LogP contribution in [0.5, 0.6) is 11.5 Å². The molecule has 2 aromatic rings. The third-order valence-electron chi connectivity index (χ3n) is 3.73. The Morgan fingerprint density at radius 2 is 1.93 bits per heavy atom. The van der Waals surface area contributed by atoms with E-state index in [1.54, 1.807) is 6.07 Å². The molecule has 0 radical (unpaired) electrons. The minimum atomic E-state index is -4.36. The minimum absolute atomic E-state index is 0.139. The van der Waals surface area contributed by atoms with Crippen molar-refractivity contribution >= 4 is 20.6 Å². The van der Waals surface area contributed by atoms with Crippen LogP contribution in [0.15, 0.2) is 40.1 Å². The van der Waals surface area contributed by atoms with Gasteiger partial charge in [-0.3, -0.25) is 0 Å². The Morgan fingerprint density at radius 1 is 1.26 bits per heavy atom. The highest BCUT2D eigenvalue weighted by Crippen LogP contribution is 2.54. The number of halogens is 4. The lowest BCUT2D eigenvalue weighted by molar-refractivity contribution is 0.0135. The number of sulfone groups is 1. The molecule has 0 N–H and O–H groups in total. The number of hydrogen-bond donors (Lipinski definition) is 0. The van der Waals surface area contributed by atoms with Gasteiger partial charge in [-0.25, -0.2) is 21.4 Å². The van der Waals surface area contributed by atoms with Gasteiger partial charge in [0, 0.05) is 12.3 Å². The highest BCUT2D eigenvalue weighted by molar-refractivity contribution is 7.92. The molecule has 2 unspecified atom stereocenters. The number of nitrogens with zero attached hydrogens (tertiary/aromatic N) is 1. The van der Waals surface area contributed by atoms with E-state index in [1.807, 2.05) is 0 Å². The summed E-state index contributed by atoms with van der Waals surface area (Å²) in [6, 6.07) is 6.24. The molecule has 0 saturated heterocycles. The third-order valence-corrected chi connectivity index (χ3v) is 6.51. The van der Waals surface area contributed by atoms with E-state index in [1.165, 1.54) is 0 Å². The third kappa shape index (κ3) is 3.19. The molecule has 0 amide bonds. The van der Waals surface area contributed by atoms with Crippen molar-refractivity contribution in [2.45, 2.75) is 21.2 Å². The van der Waals surface area contributed by atoms with E-state index < -0.39 is 59.0 Å². The van der Waals surface area contributed by atoms with Crippen molar-refractivity contribution in [1.29, 1.82) is 5.26 Å². The lowest BCUT2D eigenvalue weighted by Gasteiger charge is -2.14. The average Bonchev–Trinajstić information content (AvgIpc) is 2.75. The van der Waals surface area contributed by atoms with E-state index in [-0.39, 0.29) is 11.3 Å². The molecule has 142 valence electrons. The maximum absolute atomic E-state index is 14.4. The van der Waals surface area contributed by atoms with Crippen molar-refractivity contribution in [3.05, 3.63) is 47.3 Å². The van der Waals surface area contributed by atoms with Crippen LogP contribution in [0.3, 0.4) is 0 Å². The largest absolute Gasteiger partial charge is 0.457 e. The van der Waals surface area contributed by atoms with Crippen LogP contribution < -0.4 is 4.74 Å². The predicted molar refractivity (Wildman–Crippen MR) is 85.9 cm³/mol. The highest BCUT2D eigenvalue weighted by atomic mass is 32.2. The van der Waals surface area contributed by atoms with Crippen molar-refractivity contribution in [2.24, 2.45) is 0 Å². The molecule has 1 heterocycles. The standard InChI is InChI=1S/C16H9F4NO4S2/c1-27(23,24)12-3-2-11(13-14(12)26(22)16(19,20)15(13)18)25-10-5-8(7-21)4-9(17)6-10/h2-6,15H,1H3. The summed E-state index contributed by atoms with van der Waals surface area (Å²) in [4.78, 5) is -1.59. The van der Waals surface area contributed by atoms with E-state index in [4.69, 9.17) is 10.00 Å². The molecule has 0 saturated carbocycles. The van der Waals surface area contributed by atoms with E-state index in [9.17, 15) is 30.2 Å². The fourth-order valence-electron chi connectivity index (χ4n) is 2.58.